The van der Waals surface area contributed by atoms with Crippen LogP contribution in [0.4, 0.5) is 5.69 Å². The number of benzene rings is 2. The van der Waals surface area contributed by atoms with Gasteiger partial charge in [-0.15, -0.1) is 0 Å². The molecule has 0 saturated carbocycles. The van der Waals surface area contributed by atoms with E-state index in [1.165, 1.54) is 0 Å². The van der Waals surface area contributed by atoms with E-state index in [2.05, 4.69) is 5.32 Å². The van der Waals surface area contributed by atoms with Gasteiger partial charge in [-0.2, -0.15) is 0 Å². The monoisotopic (exact) mass is 333 g/mol. The molecule has 0 aliphatic heterocycles. The van der Waals surface area contributed by atoms with E-state index in [1.807, 2.05) is 0 Å². The zero-order valence-electron chi connectivity index (χ0n) is 12.5. The normalized spacial score (nSPS) is 10.0. The molecule has 0 fully saturated rings. The lowest BCUT2D eigenvalue weighted by molar-refractivity contribution is -0.118. The van der Waals surface area contributed by atoms with Gasteiger partial charge in [0.2, 0.25) is 0 Å². The Morgan fingerprint density at radius 2 is 1.91 bits per heavy atom. The van der Waals surface area contributed by atoms with Crippen molar-refractivity contribution in [3.8, 4) is 5.75 Å². The molecule has 1 amide bonds. The highest BCUT2D eigenvalue weighted by Crippen LogP contribution is 2.19. The maximum atomic E-state index is 11.9. The lowest BCUT2D eigenvalue weighted by atomic mass is 10.2. The summed E-state index contributed by atoms with van der Waals surface area (Å²) in [5.74, 6) is -0.545. The molecule has 0 unspecified atom stereocenters. The number of hydrogen-bond donors (Lipinski definition) is 1. The zero-order valence-corrected chi connectivity index (χ0v) is 13.3. The number of carbonyl (C=O) groups excluding carboxylic acids is 2. The van der Waals surface area contributed by atoms with E-state index in [0.717, 1.165) is 0 Å². The van der Waals surface area contributed by atoms with Crippen molar-refractivity contribution in [2.24, 2.45) is 0 Å². The van der Waals surface area contributed by atoms with Crippen molar-refractivity contribution in [1.82, 2.24) is 0 Å². The van der Waals surface area contributed by atoms with E-state index in [4.69, 9.17) is 21.1 Å². The van der Waals surface area contributed by atoms with Gasteiger partial charge in [-0.1, -0.05) is 29.8 Å². The zero-order chi connectivity index (χ0) is 16.7. The van der Waals surface area contributed by atoms with Crippen LogP contribution in [0.25, 0.3) is 0 Å². The number of halogens is 1. The Hall–Kier alpha value is -2.53. The molecule has 0 radical (unpaired) electrons. The summed E-state index contributed by atoms with van der Waals surface area (Å²) in [6.45, 7) is 1.76. The molecule has 0 aromatic heterocycles. The van der Waals surface area contributed by atoms with Crippen LogP contribution in [0.5, 0.6) is 5.75 Å². The van der Waals surface area contributed by atoms with Crippen LogP contribution in [-0.2, 0) is 9.53 Å². The molecular weight excluding hydrogens is 318 g/mol. The maximum absolute atomic E-state index is 11.9. The Bertz CT molecular complexity index is 702. The Labute approximate surface area is 139 Å². The van der Waals surface area contributed by atoms with Crippen molar-refractivity contribution in [3.05, 3.63) is 59.1 Å². The quantitative estimate of drug-likeness (QED) is 0.821. The average Bonchev–Trinajstić information content (AvgIpc) is 2.53. The number of para-hydroxylation sites is 1. The second-order valence-electron chi connectivity index (χ2n) is 4.56. The first-order valence-electron chi connectivity index (χ1n) is 7.04. The number of amides is 1. The molecule has 120 valence electrons. The van der Waals surface area contributed by atoms with E-state index in [0.29, 0.717) is 16.5 Å². The highest BCUT2D eigenvalue weighted by molar-refractivity contribution is 6.30. The van der Waals surface area contributed by atoms with E-state index in [-0.39, 0.29) is 24.7 Å². The van der Waals surface area contributed by atoms with Gasteiger partial charge in [-0.3, -0.25) is 4.79 Å². The minimum Gasteiger partial charge on any atom is -0.483 e. The van der Waals surface area contributed by atoms with Crippen molar-refractivity contribution in [2.45, 2.75) is 6.92 Å². The maximum Gasteiger partial charge on any atom is 0.341 e. The molecule has 0 aliphatic rings. The molecule has 6 heteroatoms. The topological polar surface area (TPSA) is 64.6 Å². The number of nitrogens with one attached hydrogen (secondary N) is 1. The van der Waals surface area contributed by atoms with E-state index in [1.54, 1.807) is 55.5 Å². The van der Waals surface area contributed by atoms with Gasteiger partial charge in [-0.05, 0) is 37.3 Å². The summed E-state index contributed by atoms with van der Waals surface area (Å²) in [6, 6.07) is 13.4. The van der Waals surface area contributed by atoms with Gasteiger partial charge in [0.05, 0.1) is 6.61 Å². The van der Waals surface area contributed by atoms with Gasteiger partial charge in [0, 0.05) is 10.7 Å². The molecule has 0 bridgehead atoms. The summed E-state index contributed by atoms with van der Waals surface area (Å²) < 4.78 is 10.4. The van der Waals surface area contributed by atoms with Crippen LogP contribution in [0.1, 0.15) is 17.3 Å². The van der Waals surface area contributed by atoms with Crippen molar-refractivity contribution in [3.63, 3.8) is 0 Å². The number of anilines is 1. The highest BCUT2D eigenvalue weighted by Gasteiger charge is 2.14. The Morgan fingerprint density at radius 3 is 2.65 bits per heavy atom. The molecule has 23 heavy (non-hydrogen) atoms. The number of ether oxygens (including phenoxy) is 2. The van der Waals surface area contributed by atoms with Crippen molar-refractivity contribution < 1.29 is 19.1 Å². The van der Waals surface area contributed by atoms with Gasteiger partial charge in [0.1, 0.15) is 11.3 Å². The predicted octanol–water partition coefficient (Wildman–Crippen LogP) is 3.53. The molecule has 5 nitrogen and oxygen atoms in total. The largest absolute Gasteiger partial charge is 0.483 e. The fraction of sp³-hybridized carbons (Fsp3) is 0.176. The lowest BCUT2D eigenvalue weighted by Gasteiger charge is -2.11. The summed E-state index contributed by atoms with van der Waals surface area (Å²) in [7, 11) is 0. The van der Waals surface area contributed by atoms with E-state index < -0.39 is 5.97 Å². The van der Waals surface area contributed by atoms with Crippen LogP contribution in [-0.4, -0.2) is 25.1 Å². The van der Waals surface area contributed by atoms with Gasteiger partial charge in [0.25, 0.3) is 5.91 Å². The Kier molecular flexibility index (Phi) is 6.00. The summed E-state index contributed by atoms with van der Waals surface area (Å²) in [4.78, 5) is 23.7. The average molecular weight is 334 g/mol. The molecule has 2 aromatic carbocycles. The third-order valence-electron chi connectivity index (χ3n) is 2.85. The molecule has 2 rings (SSSR count). The number of rotatable bonds is 6. The third-order valence-corrected chi connectivity index (χ3v) is 3.08. The minimum atomic E-state index is -0.488. The Balaban J connectivity index is 1.98. The second-order valence-corrected chi connectivity index (χ2v) is 5.00. The third kappa shape index (κ3) is 5.00. The van der Waals surface area contributed by atoms with Gasteiger partial charge in [-0.25, -0.2) is 4.79 Å². The molecular formula is C17H16ClNO4. The molecule has 0 aliphatic carbocycles. The van der Waals surface area contributed by atoms with Gasteiger partial charge < -0.3 is 14.8 Å². The minimum absolute atomic E-state index is 0.233. The van der Waals surface area contributed by atoms with Gasteiger partial charge in [0.15, 0.2) is 6.61 Å². The first-order valence-corrected chi connectivity index (χ1v) is 7.42. The summed E-state index contributed by atoms with van der Waals surface area (Å²) in [6.07, 6.45) is 0. The van der Waals surface area contributed by atoms with Crippen LogP contribution in [0, 0.1) is 0 Å². The molecule has 0 atom stereocenters. The first-order chi connectivity index (χ1) is 11.1. The molecule has 0 heterocycles. The van der Waals surface area contributed by atoms with Gasteiger partial charge >= 0.3 is 5.97 Å². The Morgan fingerprint density at radius 1 is 1.13 bits per heavy atom. The van der Waals surface area contributed by atoms with Crippen LogP contribution >= 0.6 is 11.6 Å². The molecule has 0 spiro atoms. The second kappa shape index (κ2) is 8.19. The first kappa shape index (κ1) is 16.8. The summed E-state index contributed by atoms with van der Waals surface area (Å²) in [5.41, 5.74) is 0.856. The van der Waals surface area contributed by atoms with Crippen LogP contribution in [0.3, 0.4) is 0 Å². The van der Waals surface area contributed by atoms with E-state index >= 15 is 0 Å². The van der Waals surface area contributed by atoms with E-state index in [9.17, 15) is 9.59 Å². The fourth-order valence-corrected chi connectivity index (χ4v) is 2.07. The smallest absolute Gasteiger partial charge is 0.341 e. The predicted molar refractivity (Wildman–Crippen MR) is 88.0 cm³/mol. The van der Waals surface area contributed by atoms with Crippen LogP contribution in [0.15, 0.2) is 48.5 Å². The van der Waals surface area contributed by atoms with Crippen molar-refractivity contribution in [1.29, 1.82) is 0 Å². The summed E-state index contributed by atoms with van der Waals surface area (Å²) >= 11 is 5.85. The number of carbonyl (C=O) groups is 2. The number of esters is 1. The standard InChI is InChI=1S/C17H16ClNO4/c1-2-22-17(21)14-8-3-4-9-15(14)23-11-16(20)19-13-7-5-6-12(18)10-13/h3-10H,2,11H2,1H3,(H,19,20). The van der Waals surface area contributed by atoms with Crippen LogP contribution in [0.2, 0.25) is 5.02 Å². The highest BCUT2D eigenvalue weighted by atomic mass is 35.5. The molecule has 2 aromatic rings. The lowest BCUT2D eigenvalue weighted by Crippen LogP contribution is -2.21. The molecule has 0 saturated heterocycles. The SMILES string of the molecule is CCOC(=O)c1ccccc1OCC(=O)Nc1cccc(Cl)c1. The number of hydrogen-bond acceptors (Lipinski definition) is 4. The van der Waals surface area contributed by atoms with Crippen molar-refractivity contribution in [2.75, 3.05) is 18.5 Å². The van der Waals surface area contributed by atoms with Crippen LogP contribution < -0.4 is 10.1 Å². The van der Waals surface area contributed by atoms with Crippen molar-refractivity contribution >= 4 is 29.2 Å². The molecule has 1 N–H and O–H groups in total. The summed E-state index contributed by atoms with van der Waals surface area (Å²) in [5, 5.41) is 3.19. The fourth-order valence-electron chi connectivity index (χ4n) is 1.88.